The summed E-state index contributed by atoms with van der Waals surface area (Å²) in [7, 11) is -2.52. The summed E-state index contributed by atoms with van der Waals surface area (Å²) in [6, 6.07) is 7.37. The molecule has 5 nitrogen and oxygen atoms in total. The van der Waals surface area contributed by atoms with E-state index in [9.17, 15) is 22.0 Å². The number of thiophene rings is 1. The lowest BCUT2D eigenvalue weighted by molar-refractivity contribution is -0.116. The van der Waals surface area contributed by atoms with E-state index in [0.29, 0.717) is 0 Å². The van der Waals surface area contributed by atoms with Crippen LogP contribution in [0.4, 0.5) is 14.5 Å². The third-order valence-corrected chi connectivity index (χ3v) is 7.43. The minimum atomic E-state index is -3.78. The Hall–Kier alpha value is -1.20. The number of carbonyl (C=O) groups excluding carboxylic acids is 1. The van der Waals surface area contributed by atoms with Crippen LogP contribution in [0.1, 0.15) is 0 Å². The number of amides is 1. The van der Waals surface area contributed by atoms with Gasteiger partial charge in [-0.05, 0) is 23.6 Å². The molecular weight excluding hydrogens is 414 g/mol. The van der Waals surface area contributed by atoms with Crippen molar-refractivity contribution in [3.63, 3.8) is 0 Å². The first-order valence-electron chi connectivity index (χ1n) is 6.75. The van der Waals surface area contributed by atoms with E-state index in [4.69, 9.17) is 11.6 Å². The van der Waals surface area contributed by atoms with Crippen LogP contribution in [0.2, 0.25) is 5.02 Å². The molecule has 0 fully saturated rings. The molecule has 0 radical (unpaired) electrons. The van der Waals surface area contributed by atoms with E-state index in [1.165, 1.54) is 31.3 Å². The molecule has 0 aliphatic rings. The van der Waals surface area contributed by atoms with Crippen molar-refractivity contribution >= 4 is 56.3 Å². The van der Waals surface area contributed by atoms with Gasteiger partial charge in [0.1, 0.15) is 4.21 Å². The second kappa shape index (κ2) is 8.45. The lowest BCUT2D eigenvalue weighted by Gasteiger charge is -2.17. The Morgan fingerprint density at radius 2 is 2.08 bits per heavy atom. The third-order valence-electron chi connectivity index (χ3n) is 2.97. The average Bonchev–Trinajstić information content (AvgIpc) is 3.05. The fourth-order valence-corrected chi connectivity index (χ4v) is 5.10. The smallest absolute Gasteiger partial charge is 0.289 e. The molecule has 0 bridgehead atoms. The van der Waals surface area contributed by atoms with Gasteiger partial charge in [-0.1, -0.05) is 35.5 Å². The van der Waals surface area contributed by atoms with E-state index in [1.54, 1.807) is 11.4 Å². The van der Waals surface area contributed by atoms with Crippen LogP contribution < -0.4 is 5.32 Å². The van der Waals surface area contributed by atoms with Gasteiger partial charge < -0.3 is 5.32 Å². The van der Waals surface area contributed by atoms with Gasteiger partial charge in [-0.2, -0.15) is 13.1 Å². The van der Waals surface area contributed by atoms with Crippen molar-refractivity contribution in [2.24, 2.45) is 0 Å². The number of hydrogen-bond donors (Lipinski definition) is 1. The van der Waals surface area contributed by atoms with Crippen LogP contribution in [0.25, 0.3) is 0 Å². The van der Waals surface area contributed by atoms with Gasteiger partial charge in [0.15, 0.2) is 0 Å². The van der Waals surface area contributed by atoms with Gasteiger partial charge in [-0.15, -0.1) is 11.3 Å². The second-order valence-corrected chi connectivity index (χ2v) is 9.36. The molecule has 0 unspecified atom stereocenters. The zero-order valence-electron chi connectivity index (χ0n) is 12.8. The van der Waals surface area contributed by atoms with Crippen molar-refractivity contribution in [3.8, 4) is 0 Å². The predicted molar refractivity (Wildman–Crippen MR) is 96.1 cm³/mol. The number of benzene rings is 1. The van der Waals surface area contributed by atoms with Gasteiger partial charge in [-0.3, -0.25) is 4.79 Å². The lowest BCUT2D eigenvalue weighted by atomic mass is 10.3. The maximum absolute atomic E-state index is 12.6. The third kappa shape index (κ3) is 5.14. The number of sulfonamides is 1. The average molecular weight is 427 g/mol. The van der Waals surface area contributed by atoms with E-state index >= 15 is 0 Å². The zero-order chi connectivity index (χ0) is 18.6. The van der Waals surface area contributed by atoms with E-state index in [-0.39, 0.29) is 31.6 Å². The molecule has 11 heteroatoms. The Morgan fingerprint density at radius 3 is 2.68 bits per heavy atom. The number of hydrogen-bond acceptors (Lipinski definition) is 5. The molecule has 2 rings (SSSR count). The Morgan fingerprint density at radius 1 is 1.36 bits per heavy atom. The van der Waals surface area contributed by atoms with Crippen molar-refractivity contribution in [3.05, 3.63) is 40.7 Å². The first kappa shape index (κ1) is 20.1. The number of thioether (sulfide) groups is 1. The minimum absolute atomic E-state index is 0.0243. The number of alkyl halides is 2. The maximum Gasteiger partial charge on any atom is 0.289 e. The molecule has 1 aromatic heterocycles. The van der Waals surface area contributed by atoms with Crippen LogP contribution in [0.15, 0.2) is 44.8 Å². The number of rotatable bonds is 7. The molecule has 0 aliphatic carbocycles. The standard InChI is InChI=1S/C14H13ClF2N2O3S3/c1-19(25(21,22)12-6-3-7-23-12)8-11(20)18-10-5-2-4-9(15)13(10)24-14(16)17/h2-7,14H,8H2,1H3,(H,18,20). The topological polar surface area (TPSA) is 66.5 Å². The van der Waals surface area contributed by atoms with Gasteiger partial charge in [0.25, 0.3) is 15.8 Å². The van der Waals surface area contributed by atoms with Crippen LogP contribution in [0, 0.1) is 0 Å². The molecule has 25 heavy (non-hydrogen) atoms. The molecule has 1 aromatic carbocycles. The molecule has 1 amide bonds. The Kier molecular flexibility index (Phi) is 6.80. The fourth-order valence-electron chi connectivity index (χ4n) is 1.86. The minimum Gasteiger partial charge on any atom is -0.324 e. The molecular formula is C14H13ClF2N2O3S3. The summed E-state index contributed by atoms with van der Waals surface area (Å²) in [4.78, 5) is 12.2. The Bertz CT molecular complexity index is 845. The van der Waals surface area contributed by atoms with Crippen LogP contribution >= 0.6 is 34.7 Å². The van der Waals surface area contributed by atoms with Gasteiger partial charge >= 0.3 is 0 Å². The largest absolute Gasteiger partial charge is 0.324 e. The molecule has 0 saturated heterocycles. The molecule has 1 N–H and O–H groups in total. The molecule has 0 spiro atoms. The highest BCUT2D eigenvalue weighted by atomic mass is 35.5. The molecule has 0 aliphatic heterocycles. The van der Waals surface area contributed by atoms with Crippen LogP contribution in [0.3, 0.4) is 0 Å². The summed E-state index contributed by atoms with van der Waals surface area (Å²) < 4.78 is 50.9. The first-order chi connectivity index (χ1) is 11.7. The molecule has 2 aromatic rings. The predicted octanol–water partition coefficient (Wildman–Crippen LogP) is 3.98. The van der Waals surface area contributed by atoms with Crippen molar-refractivity contribution in [2.75, 3.05) is 18.9 Å². The SMILES string of the molecule is CN(CC(=O)Nc1cccc(Cl)c1SC(F)F)S(=O)(=O)c1cccs1. The number of halogens is 3. The van der Waals surface area contributed by atoms with E-state index in [2.05, 4.69) is 5.32 Å². The number of anilines is 1. The lowest BCUT2D eigenvalue weighted by Crippen LogP contribution is -2.34. The summed E-state index contributed by atoms with van der Waals surface area (Å²) in [5.74, 6) is -3.38. The molecule has 0 atom stereocenters. The van der Waals surface area contributed by atoms with Gasteiger partial charge in [0, 0.05) is 7.05 Å². The quantitative estimate of drug-likeness (QED) is 0.680. The summed E-state index contributed by atoms with van der Waals surface area (Å²) in [6.45, 7) is -0.467. The number of carbonyl (C=O) groups is 1. The van der Waals surface area contributed by atoms with Gasteiger partial charge in [0.05, 0.1) is 22.2 Å². The van der Waals surface area contributed by atoms with Gasteiger partial charge in [0.2, 0.25) is 5.91 Å². The Balaban J connectivity index is 2.12. The summed E-state index contributed by atoms with van der Waals surface area (Å²) >= 11 is 7.13. The number of likely N-dealkylation sites (N-methyl/N-ethyl adjacent to an activating group) is 1. The number of nitrogens with zero attached hydrogens (tertiary/aromatic N) is 1. The highest BCUT2D eigenvalue weighted by Gasteiger charge is 2.24. The van der Waals surface area contributed by atoms with Crippen LogP contribution in [0.5, 0.6) is 0 Å². The molecule has 136 valence electrons. The second-order valence-electron chi connectivity index (χ2n) is 4.74. The summed E-state index contributed by atoms with van der Waals surface area (Å²) in [5, 5.41) is 4.11. The van der Waals surface area contributed by atoms with Crippen molar-refractivity contribution in [1.29, 1.82) is 0 Å². The fraction of sp³-hybridized carbons (Fsp3) is 0.214. The normalized spacial score (nSPS) is 11.9. The van der Waals surface area contributed by atoms with Crippen molar-refractivity contribution in [1.82, 2.24) is 4.31 Å². The first-order valence-corrected chi connectivity index (χ1v) is 10.3. The van der Waals surface area contributed by atoms with Crippen molar-refractivity contribution in [2.45, 2.75) is 14.9 Å². The summed E-state index contributed by atoms with van der Waals surface area (Å²) in [6.07, 6.45) is 0. The van der Waals surface area contributed by atoms with E-state index in [0.717, 1.165) is 15.6 Å². The van der Waals surface area contributed by atoms with Crippen LogP contribution in [-0.4, -0.2) is 38.0 Å². The molecule has 0 saturated carbocycles. The number of nitrogens with one attached hydrogen (secondary N) is 1. The highest BCUT2D eigenvalue weighted by molar-refractivity contribution is 7.99. The van der Waals surface area contributed by atoms with Crippen LogP contribution in [-0.2, 0) is 14.8 Å². The van der Waals surface area contributed by atoms with E-state index in [1.807, 2.05) is 0 Å². The van der Waals surface area contributed by atoms with Gasteiger partial charge in [-0.25, -0.2) is 8.42 Å². The van der Waals surface area contributed by atoms with Crippen molar-refractivity contribution < 1.29 is 22.0 Å². The Labute approximate surface area is 157 Å². The maximum atomic E-state index is 12.6. The summed E-state index contributed by atoms with van der Waals surface area (Å²) in [5.41, 5.74) is 0.102. The highest BCUT2D eigenvalue weighted by Crippen LogP contribution is 2.37. The zero-order valence-corrected chi connectivity index (χ0v) is 16.0. The molecule has 1 heterocycles. The monoisotopic (exact) mass is 426 g/mol. The van der Waals surface area contributed by atoms with E-state index < -0.39 is 28.2 Å².